The normalized spacial score (nSPS) is 11.1. The molecule has 0 aliphatic heterocycles. The van der Waals surface area contributed by atoms with Crippen molar-refractivity contribution < 1.29 is 14.5 Å². The molecule has 0 saturated heterocycles. The highest BCUT2D eigenvalue weighted by Crippen LogP contribution is 2.23. The smallest absolute Gasteiger partial charge is 0.389 e. The Hall–Kier alpha value is -4.26. The summed E-state index contributed by atoms with van der Waals surface area (Å²) in [5.74, 6) is 0.331. The van der Waals surface area contributed by atoms with Crippen molar-refractivity contribution >= 4 is 28.4 Å². The van der Waals surface area contributed by atoms with Crippen molar-refractivity contribution in [3.05, 3.63) is 106 Å². The second-order valence-corrected chi connectivity index (χ2v) is 6.96. The molecule has 7 heteroatoms. The standard InChI is InChI=1S/C24H19N3O4/c1-31-23-11-7-17(14-21(23)16-26-13-12-24(25-26)27(29)30)6-10-22(28)20-9-8-18-4-2-3-5-19(18)15-20/h2-15H,16H2,1H3/b10-6+. The second kappa shape index (κ2) is 8.62. The summed E-state index contributed by atoms with van der Waals surface area (Å²) >= 11 is 0. The van der Waals surface area contributed by atoms with Gasteiger partial charge in [-0.15, -0.1) is 0 Å². The summed E-state index contributed by atoms with van der Waals surface area (Å²) in [5.41, 5.74) is 2.22. The summed E-state index contributed by atoms with van der Waals surface area (Å²) in [6.07, 6.45) is 4.82. The number of nitro groups is 1. The van der Waals surface area contributed by atoms with Crippen LogP contribution in [-0.4, -0.2) is 27.6 Å². The molecular weight excluding hydrogens is 394 g/mol. The molecule has 4 rings (SSSR count). The van der Waals surface area contributed by atoms with Gasteiger partial charge in [-0.3, -0.25) is 4.79 Å². The van der Waals surface area contributed by atoms with Crippen molar-refractivity contribution in [2.45, 2.75) is 6.54 Å². The molecule has 0 amide bonds. The third kappa shape index (κ3) is 4.51. The molecule has 0 spiro atoms. The van der Waals surface area contributed by atoms with E-state index in [1.165, 1.54) is 16.8 Å². The summed E-state index contributed by atoms with van der Waals surface area (Å²) in [4.78, 5) is 22.9. The lowest BCUT2D eigenvalue weighted by molar-refractivity contribution is -0.389. The minimum Gasteiger partial charge on any atom is -0.496 e. The number of carbonyl (C=O) groups excluding carboxylic acids is 1. The van der Waals surface area contributed by atoms with Crippen molar-refractivity contribution in [1.29, 1.82) is 0 Å². The van der Waals surface area contributed by atoms with Crippen molar-refractivity contribution in [1.82, 2.24) is 9.78 Å². The van der Waals surface area contributed by atoms with E-state index in [4.69, 9.17) is 4.74 Å². The van der Waals surface area contributed by atoms with Gasteiger partial charge in [0.1, 0.15) is 5.75 Å². The van der Waals surface area contributed by atoms with Gasteiger partial charge in [0.15, 0.2) is 5.78 Å². The van der Waals surface area contributed by atoms with Crippen LogP contribution in [0.15, 0.2) is 79.0 Å². The van der Waals surface area contributed by atoms with Gasteiger partial charge < -0.3 is 14.9 Å². The molecule has 1 heterocycles. The molecule has 0 unspecified atom stereocenters. The minimum absolute atomic E-state index is 0.0918. The van der Waals surface area contributed by atoms with Gasteiger partial charge in [-0.2, -0.15) is 4.68 Å². The van der Waals surface area contributed by atoms with Crippen LogP contribution < -0.4 is 4.74 Å². The van der Waals surface area contributed by atoms with Gasteiger partial charge in [0.05, 0.1) is 31.0 Å². The Morgan fingerprint density at radius 1 is 1.10 bits per heavy atom. The Bertz CT molecular complexity index is 1310. The maximum Gasteiger partial charge on any atom is 0.389 e. The number of ether oxygens (including phenoxy) is 1. The van der Waals surface area contributed by atoms with Crippen LogP contribution >= 0.6 is 0 Å². The summed E-state index contributed by atoms with van der Waals surface area (Å²) in [6, 6.07) is 20.4. The van der Waals surface area contributed by atoms with Gasteiger partial charge in [0.2, 0.25) is 0 Å². The van der Waals surface area contributed by atoms with Gasteiger partial charge in [-0.05, 0) is 45.5 Å². The van der Waals surface area contributed by atoms with Crippen LogP contribution in [-0.2, 0) is 6.54 Å². The van der Waals surface area contributed by atoms with Crippen LogP contribution in [0.3, 0.4) is 0 Å². The Labute approximate surface area is 178 Å². The van der Waals surface area contributed by atoms with E-state index in [-0.39, 0.29) is 11.6 Å². The molecule has 7 nitrogen and oxygen atoms in total. The third-order valence-corrected chi connectivity index (χ3v) is 4.91. The number of aromatic nitrogens is 2. The molecule has 3 aromatic carbocycles. The lowest BCUT2D eigenvalue weighted by Crippen LogP contribution is -2.03. The molecule has 0 bridgehead atoms. The Kier molecular flexibility index (Phi) is 5.57. The molecule has 0 atom stereocenters. The summed E-state index contributed by atoms with van der Waals surface area (Å²) in [7, 11) is 1.56. The first-order valence-electron chi connectivity index (χ1n) is 9.59. The number of carbonyl (C=O) groups is 1. The van der Waals surface area contributed by atoms with Gasteiger partial charge >= 0.3 is 5.82 Å². The third-order valence-electron chi connectivity index (χ3n) is 4.91. The number of hydrogen-bond donors (Lipinski definition) is 0. The highest BCUT2D eigenvalue weighted by molar-refractivity contribution is 6.08. The van der Waals surface area contributed by atoms with Crippen molar-refractivity contribution in [3.8, 4) is 5.75 Å². The van der Waals surface area contributed by atoms with Gasteiger partial charge in [0, 0.05) is 11.1 Å². The zero-order valence-electron chi connectivity index (χ0n) is 16.8. The fourth-order valence-corrected chi connectivity index (χ4v) is 3.35. The number of fused-ring (bicyclic) bond motifs is 1. The monoisotopic (exact) mass is 413 g/mol. The Morgan fingerprint density at radius 3 is 2.65 bits per heavy atom. The van der Waals surface area contributed by atoms with Gasteiger partial charge in [-0.1, -0.05) is 48.5 Å². The quantitative estimate of drug-likeness (QED) is 0.186. The first-order valence-corrected chi connectivity index (χ1v) is 9.59. The Balaban J connectivity index is 1.55. The maximum atomic E-state index is 12.6. The molecule has 0 saturated carbocycles. The second-order valence-electron chi connectivity index (χ2n) is 6.96. The van der Waals surface area contributed by atoms with E-state index in [2.05, 4.69) is 5.10 Å². The molecule has 31 heavy (non-hydrogen) atoms. The molecule has 0 aliphatic carbocycles. The van der Waals surface area contributed by atoms with E-state index < -0.39 is 4.92 Å². The molecule has 4 aromatic rings. The number of methoxy groups -OCH3 is 1. The predicted molar refractivity (Wildman–Crippen MR) is 118 cm³/mol. The number of allylic oxidation sites excluding steroid dienone is 1. The number of benzene rings is 3. The molecule has 0 N–H and O–H groups in total. The highest BCUT2D eigenvalue weighted by atomic mass is 16.6. The summed E-state index contributed by atoms with van der Waals surface area (Å²) < 4.78 is 6.87. The first kappa shape index (κ1) is 20.0. The predicted octanol–water partition coefficient (Wildman–Crippen LogP) is 4.90. The van der Waals surface area contributed by atoms with E-state index in [1.54, 1.807) is 25.4 Å². The molecular formula is C24H19N3O4. The highest BCUT2D eigenvalue weighted by Gasteiger charge is 2.13. The SMILES string of the molecule is COc1ccc(/C=C/C(=O)c2ccc3ccccc3c2)cc1Cn1ccc([N+](=O)[O-])n1. The van der Waals surface area contributed by atoms with E-state index in [0.29, 0.717) is 17.9 Å². The molecule has 0 fully saturated rings. The number of nitrogens with zero attached hydrogens (tertiary/aromatic N) is 3. The van der Waals surface area contributed by atoms with Crippen LogP contribution in [0.5, 0.6) is 5.75 Å². The van der Waals surface area contributed by atoms with Crippen LogP contribution in [0.25, 0.3) is 16.8 Å². The topological polar surface area (TPSA) is 87.3 Å². The number of hydrogen-bond acceptors (Lipinski definition) is 5. The fraction of sp³-hybridized carbons (Fsp3) is 0.0833. The largest absolute Gasteiger partial charge is 0.496 e. The summed E-state index contributed by atoms with van der Waals surface area (Å²) in [5, 5.41) is 16.9. The molecule has 0 aliphatic rings. The molecule has 1 aromatic heterocycles. The molecule has 0 radical (unpaired) electrons. The van der Waals surface area contributed by atoms with E-state index in [1.807, 2.05) is 54.6 Å². The fourth-order valence-electron chi connectivity index (χ4n) is 3.35. The first-order chi connectivity index (χ1) is 15.0. The van der Waals surface area contributed by atoms with Crippen LogP contribution in [0.1, 0.15) is 21.5 Å². The number of ketones is 1. The van der Waals surface area contributed by atoms with E-state index in [0.717, 1.165) is 21.9 Å². The van der Waals surface area contributed by atoms with Crippen LogP contribution in [0.2, 0.25) is 0 Å². The van der Waals surface area contributed by atoms with Crippen molar-refractivity contribution in [2.75, 3.05) is 7.11 Å². The van der Waals surface area contributed by atoms with Crippen molar-refractivity contribution in [2.24, 2.45) is 0 Å². The lowest BCUT2D eigenvalue weighted by Gasteiger charge is -2.08. The van der Waals surface area contributed by atoms with E-state index >= 15 is 0 Å². The van der Waals surface area contributed by atoms with Crippen LogP contribution in [0, 0.1) is 10.1 Å². The average Bonchev–Trinajstić information content (AvgIpc) is 3.26. The average molecular weight is 413 g/mol. The van der Waals surface area contributed by atoms with Gasteiger partial charge in [0.25, 0.3) is 0 Å². The zero-order valence-corrected chi connectivity index (χ0v) is 16.8. The lowest BCUT2D eigenvalue weighted by atomic mass is 10.0. The van der Waals surface area contributed by atoms with E-state index in [9.17, 15) is 14.9 Å². The zero-order chi connectivity index (χ0) is 21.8. The van der Waals surface area contributed by atoms with Crippen molar-refractivity contribution in [3.63, 3.8) is 0 Å². The Morgan fingerprint density at radius 2 is 1.90 bits per heavy atom. The molecule has 154 valence electrons. The summed E-state index contributed by atoms with van der Waals surface area (Å²) in [6.45, 7) is 0.303. The maximum absolute atomic E-state index is 12.6. The van der Waals surface area contributed by atoms with Crippen LogP contribution in [0.4, 0.5) is 5.82 Å². The number of rotatable bonds is 7. The van der Waals surface area contributed by atoms with Gasteiger partial charge in [-0.25, -0.2) is 0 Å². The minimum atomic E-state index is -0.536.